The van der Waals surface area contributed by atoms with E-state index in [4.69, 9.17) is 10.00 Å². The van der Waals surface area contributed by atoms with Gasteiger partial charge in [-0.05, 0) is 12.8 Å². The number of nitriles is 1. The van der Waals surface area contributed by atoms with Gasteiger partial charge >= 0.3 is 0 Å². The lowest BCUT2D eigenvalue weighted by molar-refractivity contribution is 0.208. The van der Waals surface area contributed by atoms with Gasteiger partial charge in [-0.3, -0.25) is 0 Å². The summed E-state index contributed by atoms with van der Waals surface area (Å²) in [6, 6.07) is 1.89. The van der Waals surface area contributed by atoms with Crippen molar-refractivity contribution < 1.29 is 26.7 Å². The van der Waals surface area contributed by atoms with Crippen molar-refractivity contribution in [1.29, 1.82) is 5.26 Å². The second-order valence-corrected chi connectivity index (χ2v) is 4.52. The van der Waals surface area contributed by atoms with Crippen molar-refractivity contribution in [2.24, 2.45) is 5.41 Å². The first-order valence-corrected chi connectivity index (χ1v) is 5.43. The van der Waals surface area contributed by atoms with Crippen LogP contribution in [0.3, 0.4) is 0 Å². The van der Waals surface area contributed by atoms with Crippen LogP contribution in [0.15, 0.2) is 0 Å². The molecule has 0 N–H and O–H groups in total. The minimum atomic E-state index is -2.22. The number of hydrogen-bond donors (Lipinski definition) is 0. The first-order chi connectivity index (χ1) is 8.92. The fraction of sp³-hybridized carbons (Fsp3) is 0.417. The zero-order valence-electron chi connectivity index (χ0n) is 9.57. The third-order valence-corrected chi connectivity index (χ3v) is 3.10. The molecule has 0 atom stereocenters. The van der Waals surface area contributed by atoms with Gasteiger partial charge in [-0.2, -0.15) is 14.0 Å². The van der Waals surface area contributed by atoms with E-state index in [1.807, 2.05) is 6.07 Å². The van der Waals surface area contributed by atoms with Gasteiger partial charge in [0.2, 0.25) is 29.1 Å². The molecule has 1 aliphatic rings. The lowest BCUT2D eigenvalue weighted by Gasteiger charge is -2.14. The van der Waals surface area contributed by atoms with E-state index < -0.39 is 40.3 Å². The maximum atomic E-state index is 13.3. The van der Waals surface area contributed by atoms with Crippen LogP contribution in [-0.2, 0) is 0 Å². The Bertz CT molecular complexity index is 533. The van der Waals surface area contributed by atoms with Gasteiger partial charge in [0.05, 0.1) is 12.7 Å². The predicted molar refractivity (Wildman–Crippen MR) is 53.6 cm³/mol. The Labute approximate surface area is 105 Å². The van der Waals surface area contributed by atoms with E-state index in [-0.39, 0.29) is 13.0 Å². The Morgan fingerprint density at radius 2 is 1.42 bits per heavy atom. The molecular weight excluding hydrogens is 269 g/mol. The summed E-state index contributed by atoms with van der Waals surface area (Å²) >= 11 is 0. The van der Waals surface area contributed by atoms with Crippen molar-refractivity contribution in [2.75, 3.05) is 6.61 Å². The molecule has 1 aliphatic carbocycles. The van der Waals surface area contributed by atoms with Crippen LogP contribution in [0.4, 0.5) is 22.0 Å². The van der Waals surface area contributed by atoms with Crippen LogP contribution in [0.25, 0.3) is 0 Å². The van der Waals surface area contributed by atoms with Gasteiger partial charge in [-0.15, -0.1) is 0 Å². The Kier molecular flexibility index (Phi) is 3.35. The molecule has 0 heterocycles. The van der Waals surface area contributed by atoms with Crippen molar-refractivity contribution in [1.82, 2.24) is 0 Å². The smallest absolute Gasteiger partial charge is 0.206 e. The summed E-state index contributed by atoms with van der Waals surface area (Å²) in [4.78, 5) is 0. The van der Waals surface area contributed by atoms with Gasteiger partial charge in [0.1, 0.15) is 0 Å². The van der Waals surface area contributed by atoms with E-state index in [0.717, 1.165) is 0 Å². The van der Waals surface area contributed by atoms with Crippen LogP contribution in [0.2, 0.25) is 0 Å². The first-order valence-electron chi connectivity index (χ1n) is 5.43. The molecule has 1 saturated carbocycles. The van der Waals surface area contributed by atoms with Gasteiger partial charge in [0.15, 0.2) is 5.75 Å². The van der Waals surface area contributed by atoms with E-state index in [9.17, 15) is 22.0 Å². The molecule has 0 spiro atoms. The SMILES string of the molecule is N#CCC1(COc2c(F)c(F)c(F)c(F)c2F)CC1. The predicted octanol–water partition coefficient (Wildman–Crippen LogP) is 3.45. The molecule has 19 heavy (non-hydrogen) atoms. The van der Waals surface area contributed by atoms with Crippen molar-refractivity contribution in [3.8, 4) is 11.8 Å². The second kappa shape index (κ2) is 4.68. The van der Waals surface area contributed by atoms with Crippen LogP contribution in [0.5, 0.6) is 5.75 Å². The van der Waals surface area contributed by atoms with Crippen LogP contribution in [-0.4, -0.2) is 6.61 Å². The number of ether oxygens (including phenoxy) is 1. The number of hydrogen-bond acceptors (Lipinski definition) is 2. The highest BCUT2D eigenvalue weighted by Gasteiger charge is 2.44. The van der Waals surface area contributed by atoms with E-state index in [0.29, 0.717) is 12.8 Å². The largest absolute Gasteiger partial charge is 0.487 e. The quantitative estimate of drug-likeness (QED) is 0.479. The zero-order valence-corrected chi connectivity index (χ0v) is 9.57. The third-order valence-electron chi connectivity index (χ3n) is 3.10. The number of nitrogens with zero attached hydrogens (tertiary/aromatic N) is 1. The Balaban J connectivity index is 2.24. The monoisotopic (exact) mass is 277 g/mol. The Hall–Kier alpha value is -1.84. The summed E-state index contributed by atoms with van der Waals surface area (Å²) in [5, 5.41) is 8.55. The average Bonchev–Trinajstić information content (AvgIpc) is 3.14. The van der Waals surface area contributed by atoms with Crippen molar-refractivity contribution in [3.63, 3.8) is 0 Å². The summed E-state index contributed by atoms with van der Waals surface area (Å²) in [5.41, 5.74) is -0.533. The van der Waals surface area contributed by atoms with Crippen molar-refractivity contribution in [2.45, 2.75) is 19.3 Å². The molecule has 0 bridgehead atoms. The summed E-state index contributed by atoms with van der Waals surface area (Å²) in [5.74, 6) is -11.6. The van der Waals surface area contributed by atoms with E-state index in [2.05, 4.69) is 0 Å². The topological polar surface area (TPSA) is 33.0 Å². The molecule has 0 amide bonds. The van der Waals surface area contributed by atoms with E-state index >= 15 is 0 Å². The Morgan fingerprint density at radius 1 is 0.947 bits per heavy atom. The average molecular weight is 277 g/mol. The molecule has 0 aromatic heterocycles. The highest BCUT2D eigenvalue weighted by atomic mass is 19.2. The molecule has 0 aliphatic heterocycles. The van der Waals surface area contributed by atoms with Gasteiger partial charge < -0.3 is 4.74 Å². The second-order valence-electron chi connectivity index (χ2n) is 4.52. The van der Waals surface area contributed by atoms with Gasteiger partial charge in [-0.25, -0.2) is 13.2 Å². The maximum absolute atomic E-state index is 13.3. The lowest BCUT2D eigenvalue weighted by Crippen LogP contribution is -2.15. The summed E-state index contributed by atoms with van der Waals surface area (Å²) in [7, 11) is 0. The molecule has 7 heteroatoms. The molecule has 102 valence electrons. The molecule has 1 aromatic carbocycles. The van der Waals surface area contributed by atoms with Gasteiger partial charge in [0, 0.05) is 11.8 Å². The van der Waals surface area contributed by atoms with Crippen LogP contribution >= 0.6 is 0 Å². The van der Waals surface area contributed by atoms with Gasteiger partial charge in [-0.1, -0.05) is 0 Å². The zero-order chi connectivity index (χ0) is 14.2. The van der Waals surface area contributed by atoms with Crippen molar-refractivity contribution >= 4 is 0 Å². The normalized spacial score (nSPS) is 16.0. The molecule has 0 unspecified atom stereocenters. The molecule has 2 rings (SSSR count). The number of benzene rings is 1. The van der Waals surface area contributed by atoms with Crippen LogP contribution < -0.4 is 4.74 Å². The molecule has 0 radical (unpaired) electrons. The van der Waals surface area contributed by atoms with Crippen molar-refractivity contribution in [3.05, 3.63) is 29.1 Å². The maximum Gasteiger partial charge on any atom is 0.206 e. The first kappa shape index (κ1) is 13.6. The Morgan fingerprint density at radius 3 is 1.84 bits per heavy atom. The van der Waals surface area contributed by atoms with Gasteiger partial charge in [0.25, 0.3) is 0 Å². The molecule has 1 aromatic rings. The number of halogens is 5. The molecule has 2 nitrogen and oxygen atoms in total. The van der Waals surface area contributed by atoms with Crippen LogP contribution in [0, 0.1) is 45.8 Å². The highest BCUT2D eigenvalue weighted by molar-refractivity contribution is 5.30. The highest BCUT2D eigenvalue weighted by Crippen LogP contribution is 2.49. The third kappa shape index (κ3) is 2.35. The fourth-order valence-electron chi connectivity index (χ4n) is 1.65. The van der Waals surface area contributed by atoms with Crippen LogP contribution in [0.1, 0.15) is 19.3 Å². The summed E-state index contributed by atoms with van der Waals surface area (Å²) in [6.45, 7) is -0.251. The van der Waals surface area contributed by atoms with E-state index in [1.165, 1.54) is 0 Å². The minimum absolute atomic E-state index is 0.113. The fourth-order valence-corrected chi connectivity index (χ4v) is 1.65. The molecular formula is C12H8F5NO. The molecule has 1 fully saturated rings. The lowest BCUT2D eigenvalue weighted by atomic mass is 10.1. The standard InChI is InChI=1S/C12H8F5NO/c13-6-7(14)9(16)11(10(17)8(6)15)19-5-12(1-2-12)3-4-18/h1-3,5H2. The summed E-state index contributed by atoms with van der Waals surface area (Å²) < 4.78 is 69.8. The minimum Gasteiger partial charge on any atom is -0.487 e. The number of rotatable bonds is 4. The van der Waals surface area contributed by atoms with E-state index in [1.54, 1.807) is 0 Å². The summed E-state index contributed by atoms with van der Waals surface area (Å²) in [6.07, 6.45) is 1.36. The molecule has 0 saturated heterocycles.